The number of hydrogen-bond acceptors (Lipinski definition) is 1. The summed E-state index contributed by atoms with van der Waals surface area (Å²) in [7, 11) is 2.25. The van der Waals surface area contributed by atoms with E-state index in [9.17, 15) is 0 Å². The van der Waals surface area contributed by atoms with Crippen molar-refractivity contribution >= 4 is 0 Å². The third-order valence-electron chi connectivity index (χ3n) is 3.39. The molecule has 0 bridgehead atoms. The maximum absolute atomic E-state index is 2.49. The molecule has 14 heavy (non-hydrogen) atoms. The molecule has 1 fully saturated rings. The molecule has 76 valence electrons. The lowest BCUT2D eigenvalue weighted by Crippen LogP contribution is -2.27. The van der Waals surface area contributed by atoms with Crippen LogP contribution < -0.4 is 0 Å². The van der Waals surface area contributed by atoms with Crippen molar-refractivity contribution in [2.75, 3.05) is 13.6 Å². The molecular formula is C13H19N. The summed E-state index contributed by atoms with van der Waals surface area (Å²) >= 11 is 0. The first kappa shape index (κ1) is 9.72. The summed E-state index contributed by atoms with van der Waals surface area (Å²) in [6, 6.07) is 9.52. The quantitative estimate of drug-likeness (QED) is 0.691. The maximum Gasteiger partial charge on any atom is 0.0133 e. The molecule has 1 aromatic carbocycles. The lowest BCUT2D eigenvalue weighted by atomic mass is 10.00. The van der Waals surface area contributed by atoms with Gasteiger partial charge in [0.15, 0.2) is 0 Å². The van der Waals surface area contributed by atoms with Crippen molar-refractivity contribution in [1.29, 1.82) is 0 Å². The highest BCUT2D eigenvalue weighted by molar-refractivity contribution is 5.26. The summed E-state index contributed by atoms with van der Waals surface area (Å²) in [5.74, 6) is 0. The molecule has 1 unspecified atom stereocenters. The van der Waals surface area contributed by atoms with Crippen molar-refractivity contribution in [2.24, 2.45) is 0 Å². The van der Waals surface area contributed by atoms with Gasteiger partial charge >= 0.3 is 0 Å². The maximum atomic E-state index is 2.49. The normalized spacial score (nSPS) is 22.9. The minimum absolute atomic E-state index is 0.774. The molecule has 1 saturated heterocycles. The number of likely N-dealkylation sites (tertiary alicyclic amines) is 1. The van der Waals surface area contributed by atoms with Gasteiger partial charge in [-0.25, -0.2) is 0 Å². The lowest BCUT2D eigenvalue weighted by molar-refractivity contribution is 0.309. The monoisotopic (exact) mass is 189 g/mol. The summed E-state index contributed by atoms with van der Waals surface area (Å²) in [6.07, 6.45) is 3.96. The largest absolute Gasteiger partial charge is 0.303 e. The van der Waals surface area contributed by atoms with Gasteiger partial charge in [0.1, 0.15) is 0 Å². The van der Waals surface area contributed by atoms with Crippen molar-refractivity contribution in [2.45, 2.75) is 32.2 Å². The van der Waals surface area contributed by atoms with Gasteiger partial charge in [0.05, 0.1) is 0 Å². The second-order valence-electron chi connectivity index (χ2n) is 4.41. The standard InChI is InChI=1S/C13H19N/c1-11-6-3-4-7-12(11)10-13-8-5-9-14(13)2/h3-4,6-7,13H,5,8-10H2,1-2H3. The van der Waals surface area contributed by atoms with Crippen molar-refractivity contribution in [1.82, 2.24) is 4.90 Å². The van der Waals surface area contributed by atoms with Crippen molar-refractivity contribution in [3.05, 3.63) is 35.4 Å². The van der Waals surface area contributed by atoms with Crippen LogP contribution in [-0.2, 0) is 6.42 Å². The minimum atomic E-state index is 0.774. The van der Waals surface area contributed by atoms with Gasteiger partial charge < -0.3 is 4.90 Å². The number of nitrogens with zero attached hydrogens (tertiary/aromatic N) is 1. The van der Waals surface area contributed by atoms with E-state index >= 15 is 0 Å². The molecule has 0 radical (unpaired) electrons. The summed E-state index contributed by atoms with van der Waals surface area (Å²) in [6.45, 7) is 3.49. The zero-order valence-corrected chi connectivity index (χ0v) is 9.16. The Labute approximate surface area is 86.7 Å². The third-order valence-corrected chi connectivity index (χ3v) is 3.39. The van der Waals surface area contributed by atoms with E-state index in [0.717, 1.165) is 6.04 Å². The number of hydrogen-bond donors (Lipinski definition) is 0. The van der Waals surface area contributed by atoms with Gasteiger partial charge in [0.2, 0.25) is 0 Å². The average molecular weight is 189 g/mol. The highest BCUT2D eigenvalue weighted by Crippen LogP contribution is 2.20. The molecule has 0 saturated carbocycles. The Balaban J connectivity index is 2.07. The second kappa shape index (κ2) is 4.14. The number of rotatable bonds is 2. The molecule has 1 atom stereocenters. The SMILES string of the molecule is Cc1ccccc1CC1CCCN1C. The van der Waals surface area contributed by atoms with Crippen LogP contribution in [0.1, 0.15) is 24.0 Å². The van der Waals surface area contributed by atoms with Crippen molar-refractivity contribution in [3.63, 3.8) is 0 Å². The van der Waals surface area contributed by atoms with Crippen LogP contribution in [-0.4, -0.2) is 24.5 Å². The zero-order chi connectivity index (χ0) is 9.97. The topological polar surface area (TPSA) is 3.24 Å². The molecule has 1 aromatic rings. The van der Waals surface area contributed by atoms with E-state index in [4.69, 9.17) is 0 Å². The zero-order valence-electron chi connectivity index (χ0n) is 9.16. The lowest BCUT2D eigenvalue weighted by Gasteiger charge is -2.20. The number of likely N-dealkylation sites (N-methyl/N-ethyl adjacent to an activating group) is 1. The highest BCUT2D eigenvalue weighted by atomic mass is 15.1. The predicted octanol–water partition coefficient (Wildman–Crippen LogP) is 2.63. The van der Waals surface area contributed by atoms with E-state index in [2.05, 4.69) is 43.1 Å². The molecule has 0 aliphatic carbocycles. The number of aryl methyl sites for hydroxylation is 1. The van der Waals surface area contributed by atoms with Crippen LogP contribution in [0.5, 0.6) is 0 Å². The summed E-state index contributed by atoms with van der Waals surface area (Å²) < 4.78 is 0. The molecule has 0 aromatic heterocycles. The third kappa shape index (κ3) is 1.98. The first-order valence-corrected chi connectivity index (χ1v) is 5.52. The Morgan fingerprint density at radius 1 is 1.36 bits per heavy atom. The Hall–Kier alpha value is -0.820. The fourth-order valence-electron chi connectivity index (χ4n) is 2.33. The van der Waals surface area contributed by atoms with E-state index in [-0.39, 0.29) is 0 Å². The van der Waals surface area contributed by atoms with E-state index in [1.807, 2.05) is 0 Å². The van der Waals surface area contributed by atoms with Gasteiger partial charge in [-0.15, -0.1) is 0 Å². The molecule has 0 N–H and O–H groups in total. The van der Waals surface area contributed by atoms with Crippen LogP contribution in [0.25, 0.3) is 0 Å². The summed E-state index contributed by atoms with van der Waals surface area (Å²) in [5.41, 5.74) is 2.96. The van der Waals surface area contributed by atoms with Crippen LogP contribution in [0.2, 0.25) is 0 Å². The van der Waals surface area contributed by atoms with E-state index in [0.29, 0.717) is 0 Å². The molecular weight excluding hydrogens is 170 g/mol. The molecule has 0 amide bonds. The summed E-state index contributed by atoms with van der Waals surface area (Å²) in [4.78, 5) is 2.49. The molecule has 1 aliphatic rings. The van der Waals surface area contributed by atoms with E-state index in [1.165, 1.54) is 36.9 Å². The van der Waals surface area contributed by atoms with E-state index in [1.54, 1.807) is 0 Å². The fourth-order valence-corrected chi connectivity index (χ4v) is 2.33. The molecule has 1 heterocycles. The second-order valence-corrected chi connectivity index (χ2v) is 4.41. The van der Waals surface area contributed by atoms with Gasteiger partial charge in [-0.05, 0) is 50.9 Å². The van der Waals surface area contributed by atoms with E-state index < -0.39 is 0 Å². The Morgan fingerprint density at radius 2 is 2.14 bits per heavy atom. The smallest absolute Gasteiger partial charge is 0.0133 e. The van der Waals surface area contributed by atoms with Crippen LogP contribution in [0.3, 0.4) is 0 Å². The molecule has 1 nitrogen and oxygen atoms in total. The van der Waals surface area contributed by atoms with Gasteiger partial charge in [-0.1, -0.05) is 24.3 Å². The molecule has 2 rings (SSSR count). The predicted molar refractivity (Wildman–Crippen MR) is 60.5 cm³/mol. The van der Waals surface area contributed by atoms with Crippen LogP contribution >= 0.6 is 0 Å². The van der Waals surface area contributed by atoms with Crippen molar-refractivity contribution in [3.8, 4) is 0 Å². The van der Waals surface area contributed by atoms with Crippen LogP contribution in [0.4, 0.5) is 0 Å². The van der Waals surface area contributed by atoms with Crippen molar-refractivity contribution < 1.29 is 0 Å². The molecule has 1 aliphatic heterocycles. The average Bonchev–Trinajstić information content (AvgIpc) is 2.56. The van der Waals surface area contributed by atoms with Gasteiger partial charge in [0, 0.05) is 6.04 Å². The first-order chi connectivity index (χ1) is 6.77. The fraction of sp³-hybridized carbons (Fsp3) is 0.538. The van der Waals surface area contributed by atoms with Crippen LogP contribution in [0, 0.1) is 6.92 Å². The van der Waals surface area contributed by atoms with Crippen LogP contribution in [0.15, 0.2) is 24.3 Å². The summed E-state index contributed by atoms with van der Waals surface area (Å²) in [5, 5.41) is 0. The Kier molecular flexibility index (Phi) is 2.87. The highest BCUT2D eigenvalue weighted by Gasteiger charge is 2.21. The van der Waals surface area contributed by atoms with Gasteiger partial charge in [-0.2, -0.15) is 0 Å². The number of benzene rings is 1. The molecule has 1 heteroatoms. The van der Waals surface area contributed by atoms with Gasteiger partial charge in [0.25, 0.3) is 0 Å². The Bertz CT molecular complexity index is 306. The first-order valence-electron chi connectivity index (χ1n) is 5.52. The van der Waals surface area contributed by atoms with Gasteiger partial charge in [-0.3, -0.25) is 0 Å². The Morgan fingerprint density at radius 3 is 2.79 bits per heavy atom. The minimum Gasteiger partial charge on any atom is -0.303 e. The molecule has 0 spiro atoms.